The van der Waals surface area contributed by atoms with Gasteiger partial charge in [0, 0.05) is 45.7 Å². The smallest absolute Gasteiger partial charge is 0.314 e. The maximum Gasteiger partial charge on any atom is 0.314 e. The zero-order chi connectivity index (χ0) is 35.7. The number of rotatable bonds is 33. The minimum absolute atomic E-state index is 0.0237. The lowest BCUT2D eigenvalue weighted by atomic mass is 10.1. The molecule has 8 heteroatoms. The van der Waals surface area contributed by atoms with Crippen molar-refractivity contribution in [3.05, 3.63) is 34.0 Å². The molecule has 0 aromatic carbocycles. The van der Waals surface area contributed by atoms with Crippen LogP contribution in [0, 0.1) is 0 Å². The van der Waals surface area contributed by atoms with Crippen LogP contribution in [0.4, 0.5) is 9.59 Å². The number of amides is 4. The molecule has 0 bridgehead atoms. The number of thiophene rings is 2. The zero-order valence-corrected chi connectivity index (χ0v) is 33.8. The Kier molecular flexibility index (Phi) is 27.9. The van der Waals surface area contributed by atoms with Gasteiger partial charge in [0.1, 0.15) is 0 Å². The fourth-order valence-electron chi connectivity index (χ4n) is 6.30. The Hall–Kier alpha value is -2.06. The van der Waals surface area contributed by atoms with Crippen LogP contribution >= 0.6 is 22.7 Å². The normalized spacial score (nSPS) is 11.2. The summed E-state index contributed by atoms with van der Waals surface area (Å²) in [6.45, 7) is 7.56. The summed E-state index contributed by atoms with van der Waals surface area (Å²) in [5, 5.41) is 12.1. The molecule has 0 aliphatic carbocycles. The van der Waals surface area contributed by atoms with Gasteiger partial charge in [-0.1, -0.05) is 129 Å². The Morgan fingerprint density at radius 1 is 0.400 bits per heavy atom. The average molecular weight is 731 g/mol. The Balaban J connectivity index is 1.41. The van der Waals surface area contributed by atoms with Gasteiger partial charge in [0.25, 0.3) is 0 Å². The molecule has 0 radical (unpaired) electrons. The summed E-state index contributed by atoms with van der Waals surface area (Å²) in [5.41, 5.74) is 0. The van der Waals surface area contributed by atoms with Crippen molar-refractivity contribution in [2.45, 2.75) is 181 Å². The molecule has 2 aromatic heterocycles. The van der Waals surface area contributed by atoms with Gasteiger partial charge in [-0.25, -0.2) is 9.59 Å². The van der Waals surface area contributed by atoms with E-state index in [4.69, 9.17) is 0 Å². The first kappa shape index (κ1) is 44.1. The number of urea groups is 2. The first-order valence-electron chi connectivity index (χ1n) is 20.8. The summed E-state index contributed by atoms with van der Waals surface area (Å²) < 4.78 is 0. The molecule has 0 aliphatic rings. The second-order valence-corrected chi connectivity index (χ2v) is 16.5. The number of nitrogens with one attached hydrogen (secondary N) is 4. The van der Waals surface area contributed by atoms with Crippen LogP contribution in [-0.2, 0) is 12.8 Å². The fourth-order valence-corrected chi connectivity index (χ4v) is 8.48. The van der Waals surface area contributed by atoms with Crippen molar-refractivity contribution in [3.63, 3.8) is 0 Å². The lowest BCUT2D eigenvalue weighted by Gasteiger charge is -2.07. The molecule has 0 spiro atoms. The van der Waals surface area contributed by atoms with Gasteiger partial charge in [-0.2, -0.15) is 0 Å². The van der Waals surface area contributed by atoms with Gasteiger partial charge in [-0.3, -0.25) is 0 Å². The first-order valence-corrected chi connectivity index (χ1v) is 22.5. The molecule has 0 fully saturated rings. The third-order valence-corrected chi connectivity index (χ3v) is 12.0. The van der Waals surface area contributed by atoms with E-state index in [-0.39, 0.29) is 12.1 Å². The van der Waals surface area contributed by atoms with Crippen molar-refractivity contribution in [2.24, 2.45) is 0 Å². The molecule has 2 heterocycles. The van der Waals surface area contributed by atoms with Crippen molar-refractivity contribution in [2.75, 3.05) is 26.2 Å². The second kappa shape index (κ2) is 31.7. The summed E-state index contributed by atoms with van der Waals surface area (Å²) >= 11 is 3.79. The molecule has 2 aromatic rings. The van der Waals surface area contributed by atoms with Crippen LogP contribution in [0.25, 0.3) is 9.75 Å². The zero-order valence-electron chi connectivity index (χ0n) is 32.2. The molecule has 4 N–H and O–H groups in total. The van der Waals surface area contributed by atoms with Crippen LogP contribution in [-0.4, -0.2) is 38.2 Å². The van der Waals surface area contributed by atoms with Crippen LogP contribution in [0.5, 0.6) is 0 Å². The molecule has 0 atom stereocenters. The van der Waals surface area contributed by atoms with Gasteiger partial charge in [-0.05, 0) is 75.6 Å². The molecule has 286 valence electrons. The summed E-state index contributed by atoms with van der Waals surface area (Å²) in [7, 11) is 0. The Morgan fingerprint density at radius 3 is 1.00 bits per heavy atom. The molecule has 2 rings (SSSR count). The topological polar surface area (TPSA) is 82.3 Å². The number of hydrogen-bond acceptors (Lipinski definition) is 4. The molecular formula is C42H74N4O2S2. The van der Waals surface area contributed by atoms with Gasteiger partial charge >= 0.3 is 12.1 Å². The Bertz CT molecular complexity index is 1000. The van der Waals surface area contributed by atoms with Gasteiger partial charge < -0.3 is 21.3 Å². The van der Waals surface area contributed by atoms with Crippen LogP contribution in [0.1, 0.15) is 178 Å². The highest BCUT2D eigenvalue weighted by molar-refractivity contribution is 7.22. The van der Waals surface area contributed by atoms with Crippen molar-refractivity contribution >= 4 is 34.7 Å². The van der Waals surface area contributed by atoms with Crippen molar-refractivity contribution in [1.82, 2.24) is 21.3 Å². The number of hydrogen-bond donors (Lipinski definition) is 4. The van der Waals surface area contributed by atoms with Crippen molar-refractivity contribution in [1.29, 1.82) is 0 Å². The summed E-state index contributed by atoms with van der Waals surface area (Å²) in [6.07, 6.45) is 32.6. The molecular weight excluding hydrogens is 657 g/mol. The molecule has 50 heavy (non-hydrogen) atoms. The van der Waals surface area contributed by atoms with E-state index in [1.807, 2.05) is 22.7 Å². The maximum atomic E-state index is 12.1. The molecule has 4 amide bonds. The van der Waals surface area contributed by atoms with E-state index in [1.165, 1.54) is 135 Å². The standard InChI is InChI=1S/C42H74N4O2S2/c1-3-5-7-9-11-13-15-17-19-23-33-43-41(47)45-35-25-21-27-37-29-31-39(49-37)40-32-30-38(50-40)28-22-26-36-46-42(48)44-34-24-20-18-16-14-12-10-8-6-4-2/h29-32H,3-28,33-36H2,1-2H3,(H2,43,45,47)(H2,44,46,48). The Labute approximate surface area is 315 Å². The quantitative estimate of drug-likeness (QED) is 0.0551. The van der Waals surface area contributed by atoms with E-state index in [0.29, 0.717) is 0 Å². The molecule has 6 nitrogen and oxygen atoms in total. The van der Waals surface area contributed by atoms with Gasteiger partial charge in [0.05, 0.1) is 0 Å². The van der Waals surface area contributed by atoms with Crippen molar-refractivity contribution in [3.8, 4) is 9.75 Å². The summed E-state index contributed by atoms with van der Waals surface area (Å²) in [4.78, 5) is 29.7. The van der Waals surface area contributed by atoms with Crippen molar-refractivity contribution < 1.29 is 9.59 Å². The number of carbonyl (C=O) groups excluding carboxylic acids is 2. The SMILES string of the molecule is CCCCCCCCCCCCNC(=O)NCCCCc1ccc(-c2ccc(CCCCNC(=O)NCCCCCCCCCCCC)s2)s1. The second-order valence-electron chi connectivity index (χ2n) is 14.2. The molecule has 0 saturated heterocycles. The molecule has 0 saturated carbocycles. The fraction of sp³-hybridized carbons (Fsp3) is 0.762. The van der Waals surface area contributed by atoms with Gasteiger partial charge in [-0.15, -0.1) is 22.7 Å². The monoisotopic (exact) mass is 731 g/mol. The summed E-state index contributed by atoms with van der Waals surface area (Å²) in [6, 6.07) is 8.99. The van der Waals surface area contributed by atoms with Gasteiger partial charge in [0.15, 0.2) is 0 Å². The van der Waals surface area contributed by atoms with Crippen LogP contribution in [0.15, 0.2) is 24.3 Å². The highest BCUT2D eigenvalue weighted by Crippen LogP contribution is 2.34. The highest BCUT2D eigenvalue weighted by Gasteiger charge is 2.08. The predicted octanol–water partition coefficient (Wildman–Crippen LogP) is 12.6. The maximum absolute atomic E-state index is 12.1. The van der Waals surface area contributed by atoms with E-state index in [1.54, 1.807) is 0 Å². The largest absolute Gasteiger partial charge is 0.338 e. The molecule has 0 aliphatic heterocycles. The summed E-state index contributed by atoms with van der Waals surface area (Å²) in [5.74, 6) is 0. The third-order valence-electron chi connectivity index (χ3n) is 9.47. The lowest BCUT2D eigenvalue weighted by molar-refractivity contribution is 0.239. The number of carbonyl (C=O) groups is 2. The van der Waals surface area contributed by atoms with E-state index >= 15 is 0 Å². The van der Waals surface area contributed by atoms with Crippen LogP contribution in [0.2, 0.25) is 0 Å². The van der Waals surface area contributed by atoms with E-state index in [2.05, 4.69) is 59.4 Å². The van der Waals surface area contributed by atoms with E-state index in [9.17, 15) is 9.59 Å². The minimum Gasteiger partial charge on any atom is -0.338 e. The molecule has 0 unspecified atom stereocenters. The van der Waals surface area contributed by atoms with E-state index < -0.39 is 0 Å². The van der Waals surface area contributed by atoms with Crippen LogP contribution < -0.4 is 21.3 Å². The predicted molar refractivity (Wildman–Crippen MR) is 220 cm³/mol. The highest BCUT2D eigenvalue weighted by atomic mass is 32.1. The number of unbranched alkanes of at least 4 members (excludes halogenated alkanes) is 20. The third kappa shape index (κ3) is 24.2. The minimum atomic E-state index is -0.0237. The van der Waals surface area contributed by atoms with Gasteiger partial charge in [0.2, 0.25) is 0 Å². The van der Waals surface area contributed by atoms with Crippen LogP contribution in [0.3, 0.4) is 0 Å². The van der Waals surface area contributed by atoms with E-state index in [0.717, 1.165) is 77.5 Å². The lowest BCUT2D eigenvalue weighted by Crippen LogP contribution is -2.36. The average Bonchev–Trinajstić information content (AvgIpc) is 3.79. The number of aryl methyl sites for hydroxylation is 2. The Morgan fingerprint density at radius 2 is 0.680 bits per heavy atom. The first-order chi connectivity index (χ1) is 24.6.